The van der Waals surface area contributed by atoms with Crippen LogP contribution in [0.25, 0.3) is 20.8 Å². The number of benzene rings is 2. The van der Waals surface area contributed by atoms with Crippen LogP contribution in [-0.4, -0.2) is 22.2 Å². The van der Waals surface area contributed by atoms with E-state index in [9.17, 15) is 26.7 Å². The molecule has 10 heteroatoms. The third-order valence-corrected chi connectivity index (χ3v) is 4.40. The van der Waals surface area contributed by atoms with E-state index in [0.717, 1.165) is 35.6 Å². The summed E-state index contributed by atoms with van der Waals surface area (Å²) >= 11 is 1.13. The Morgan fingerprint density at radius 3 is 2.27 bits per heavy atom. The molecule has 0 saturated carbocycles. The summed E-state index contributed by atoms with van der Waals surface area (Å²) in [5.41, 5.74) is -0.190. The van der Waals surface area contributed by atoms with Gasteiger partial charge in [-0.05, 0) is 42.5 Å². The first-order valence-electron chi connectivity index (χ1n) is 6.95. The molecule has 0 aliphatic rings. The second-order valence-electron chi connectivity index (χ2n) is 5.15. The lowest BCUT2D eigenvalue weighted by molar-refractivity contribution is -0.210. The monoisotopic (exact) mass is 389 g/mol. The summed E-state index contributed by atoms with van der Waals surface area (Å²) in [6.07, 6.45) is -8.85. The molecule has 0 spiro atoms. The number of hydrogen-bond acceptors (Lipinski definition) is 4. The smallest absolute Gasteiger partial charge is 0.474 e. The highest BCUT2D eigenvalue weighted by Crippen LogP contribution is 2.36. The van der Waals surface area contributed by atoms with E-state index in [-0.39, 0.29) is 11.3 Å². The van der Waals surface area contributed by atoms with Gasteiger partial charge in [0.05, 0.1) is 15.8 Å². The van der Waals surface area contributed by atoms with Gasteiger partial charge in [-0.3, -0.25) is 0 Å². The van der Waals surface area contributed by atoms with E-state index in [0.29, 0.717) is 15.3 Å². The summed E-state index contributed by atoms with van der Waals surface area (Å²) in [6.45, 7) is 0. The minimum atomic E-state index is -4.48. The summed E-state index contributed by atoms with van der Waals surface area (Å²) in [5.74, 6) is -2.80. The number of nitrogens with zero attached hydrogens (tertiary/aromatic N) is 1. The number of hydrogen-bond donors (Lipinski definition) is 1. The number of thiazole rings is 1. The van der Waals surface area contributed by atoms with E-state index in [2.05, 4.69) is 9.72 Å². The van der Waals surface area contributed by atoms with Crippen molar-refractivity contribution in [2.75, 3.05) is 0 Å². The number of alkyl halides is 5. The number of aliphatic carboxylic acids is 1. The zero-order valence-corrected chi connectivity index (χ0v) is 13.4. The summed E-state index contributed by atoms with van der Waals surface area (Å²) in [6, 6.07) is 8.16. The van der Waals surface area contributed by atoms with Gasteiger partial charge in [0.15, 0.2) is 0 Å². The van der Waals surface area contributed by atoms with Gasteiger partial charge in [0.1, 0.15) is 10.8 Å². The second-order valence-corrected chi connectivity index (χ2v) is 6.18. The largest absolute Gasteiger partial charge is 0.501 e. The maximum Gasteiger partial charge on any atom is 0.501 e. The van der Waals surface area contributed by atoms with Crippen molar-refractivity contribution in [1.29, 1.82) is 0 Å². The number of aromatic nitrogens is 1. The molecular weight excluding hydrogens is 381 g/mol. The lowest BCUT2D eigenvalue weighted by atomic mass is 10.2. The molecule has 3 aromatic rings. The molecule has 1 heterocycles. The van der Waals surface area contributed by atoms with Crippen molar-refractivity contribution in [3.63, 3.8) is 0 Å². The number of carboxylic acid groups (broad SMARTS) is 1. The highest BCUT2D eigenvalue weighted by Gasteiger charge is 2.42. The lowest BCUT2D eigenvalue weighted by Gasteiger charge is -2.13. The predicted octanol–water partition coefficient (Wildman–Crippen LogP) is 5.04. The Kier molecular flexibility index (Phi) is 4.31. The fraction of sp³-hybridized carbons (Fsp3) is 0.125. The Labute approximate surface area is 146 Å². The number of rotatable bonds is 4. The molecule has 0 amide bonds. The topological polar surface area (TPSA) is 59.4 Å². The molecule has 0 fully saturated rings. The van der Waals surface area contributed by atoms with Crippen molar-refractivity contribution >= 4 is 27.5 Å². The van der Waals surface area contributed by atoms with Gasteiger partial charge in [-0.1, -0.05) is 0 Å². The SMILES string of the molecule is O=C(O)C(F)(F)Oc1ccc(-c2nc3cc(C(F)(F)F)ccc3s2)cc1. The predicted molar refractivity (Wildman–Crippen MR) is 83.3 cm³/mol. The number of halogens is 5. The standard InChI is InChI=1S/C16H8F5NO3S/c17-15(18,19)9-3-6-12-11(7-9)22-13(26-12)8-1-4-10(5-2-8)25-16(20,21)14(23)24/h1-7H,(H,23,24). The van der Waals surface area contributed by atoms with Crippen LogP contribution in [0.1, 0.15) is 5.56 Å². The van der Waals surface area contributed by atoms with Crippen LogP contribution >= 0.6 is 11.3 Å². The van der Waals surface area contributed by atoms with Gasteiger partial charge in [0.2, 0.25) is 0 Å². The van der Waals surface area contributed by atoms with Crippen LogP contribution in [0.5, 0.6) is 5.75 Å². The molecule has 0 aliphatic carbocycles. The quantitative estimate of drug-likeness (QED) is 0.636. The van der Waals surface area contributed by atoms with Crippen LogP contribution < -0.4 is 4.74 Å². The van der Waals surface area contributed by atoms with Gasteiger partial charge in [0.25, 0.3) is 0 Å². The molecule has 0 bridgehead atoms. The summed E-state index contributed by atoms with van der Waals surface area (Å²) in [4.78, 5) is 14.5. The van der Waals surface area contributed by atoms with Crippen molar-refractivity contribution in [3.05, 3.63) is 48.0 Å². The molecule has 0 aliphatic heterocycles. The molecule has 4 nitrogen and oxygen atoms in total. The first-order chi connectivity index (χ1) is 12.1. The fourth-order valence-corrected chi connectivity index (χ4v) is 3.04. The van der Waals surface area contributed by atoms with Crippen molar-refractivity contribution < 1.29 is 36.6 Å². The third-order valence-electron chi connectivity index (χ3n) is 3.31. The number of fused-ring (bicyclic) bond motifs is 1. The van der Waals surface area contributed by atoms with Crippen LogP contribution in [0.3, 0.4) is 0 Å². The summed E-state index contributed by atoms with van der Waals surface area (Å²) in [7, 11) is 0. The number of carboxylic acids is 1. The van der Waals surface area contributed by atoms with E-state index in [1.807, 2.05) is 0 Å². The highest BCUT2D eigenvalue weighted by molar-refractivity contribution is 7.21. The molecule has 3 rings (SSSR count). The zero-order chi connectivity index (χ0) is 19.1. The molecule has 0 saturated heterocycles. The van der Waals surface area contributed by atoms with Crippen LogP contribution in [-0.2, 0) is 11.0 Å². The van der Waals surface area contributed by atoms with Gasteiger partial charge >= 0.3 is 18.3 Å². The van der Waals surface area contributed by atoms with Crippen LogP contribution in [0.2, 0.25) is 0 Å². The molecule has 0 unspecified atom stereocenters. The average Bonchev–Trinajstić information content (AvgIpc) is 2.97. The molecule has 136 valence electrons. The Hall–Kier alpha value is -2.75. The molecule has 26 heavy (non-hydrogen) atoms. The highest BCUT2D eigenvalue weighted by atomic mass is 32.1. The Balaban J connectivity index is 1.88. The van der Waals surface area contributed by atoms with Crippen LogP contribution in [0.4, 0.5) is 22.0 Å². The maximum absolute atomic E-state index is 13.0. The minimum absolute atomic E-state index is 0.164. The number of carbonyl (C=O) groups is 1. The molecule has 0 atom stereocenters. The van der Waals surface area contributed by atoms with Gasteiger partial charge in [-0.2, -0.15) is 22.0 Å². The third kappa shape index (κ3) is 3.59. The normalized spacial score (nSPS) is 12.3. The van der Waals surface area contributed by atoms with Crippen LogP contribution in [0, 0.1) is 0 Å². The molecule has 2 aromatic carbocycles. The summed E-state index contributed by atoms with van der Waals surface area (Å²) < 4.78 is 68.9. The van der Waals surface area contributed by atoms with Gasteiger partial charge in [-0.25, -0.2) is 9.78 Å². The Morgan fingerprint density at radius 1 is 1.04 bits per heavy atom. The maximum atomic E-state index is 13.0. The first kappa shape index (κ1) is 18.1. The zero-order valence-electron chi connectivity index (χ0n) is 12.6. The molecular formula is C16H8F5NO3S. The number of ether oxygens (including phenoxy) is 1. The van der Waals surface area contributed by atoms with E-state index >= 15 is 0 Å². The molecule has 1 aromatic heterocycles. The van der Waals surface area contributed by atoms with Crippen LogP contribution in [0.15, 0.2) is 42.5 Å². The van der Waals surface area contributed by atoms with Crippen molar-refractivity contribution in [2.45, 2.75) is 12.3 Å². The lowest BCUT2D eigenvalue weighted by Crippen LogP contribution is -2.34. The molecule has 1 N–H and O–H groups in total. The Bertz CT molecular complexity index is 966. The first-order valence-corrected chi connectivity index (χ1v) is 7.76. The fourth-order valence-electron chi connectivity index (χ4n) is 2.08. The minimum Gasteiger partial charge on any atom is -0.474 e. The van der Waals surface area contributed by atoms with Crippen molar-refractivity contribution in [3.8, 4) is 16.3 Å². The Morgan fingerprint density at radius 2 is 1.69 bits per heavy atom. The van der Waals surface area contributed by atoms with Crippen molar-refractivity contribution in [1.82, 2.24) is 4.98 Å². The van der Waals surface area contributed by atoms with Crippen molar-refractivity contribution in [2.24, 2.45) is 0 Å². The van der Waals surface area contributed by atoms with E-state index in [4.69, 9.17) is 5.11 Å². The van der Waals surface area contributed by atoms with Gasteiger partial charge in [0, 0.05) is 5.56 Å². The van der Waals surface area contributed by atoms with Gasteiger partial charge in [-0.15, -0.1) is 11.3 Å². The molecule has 0 radical (unpaired) electrons. The van der Waals surface area contributed by atoms with E-state index in [1.54, 1.807) is 0 Å². The second kappa shape index (κ2) is 6.20. The van der Waals surface area contributed by atoms with Gasteiger partial charge < -0.3 is 9.84 Å². The summed E-state index contributed by atoms with van der Waals surface area (Å²) in [5, 5.41) is 8.72. The average molecular weight is 389 g/mol. The van der Waals surface area contributed by atoms with E-state index < -0.39 is 23.8 Å². The van der Waals surface area contributed by atoms with E-state index in [1.165, 1.54) is 18.2 Å².